The van der Waals surface area contributed by atoms with Crippen LogP contribution in [0, 0.1) is 6.92 Å². The van der Waals surface area contributed by atoms with E-state index in [0.717, 1.165) is 29.5 Å². The van der Waals surface area contributed by atoms with Crippen molar-refractivity contribution in [1.29, 1.82) is 0 Å². The van der Waals surface area contributed by atoms with Gasteiger partial charge in [-0.05, 0) is 62.0 Å². The predicted molar refractivity (Wildman–Crippen MR) is 111 cm³/mol. The molecule has 138 valence electrons. The van der Waals surface area contributed by atoms with Crippen LogP contribution in [0.3, 0.4) is 0 Å². The standard InChI is InChI=1S/C21H23N5S/c1-3-13-25-20(19(24-21(25)27)17-8-4-5-12-23-17)18-10-9-15(2)26(18)16-7-6-11-22-14-16/h4-12,14,19-20H,3,13H2,1-2H3,(H,24,27)/t19-,20+/m1/s1. The van der Waals surface area contributed by atoms with Crippen molar-refractivity contribution >= 4 is 17.3 Å². The smallest absolute Gasteiger partial charge is 0.170 e. The maximum atomic E-state index is 5.69. The molecule has 3 aromatic rings. The first kappa shape index (κ1) is 17.7. The van der Waals surface area contributed by atoms with E-state index in [1.54, 1.807) is 6.20 Å². The summed E-state index contributed by atoms with van der Waals surface area (Å²) < 4.78 is 2.27. The molecule has 1 aliphatic heterocycles. The summed E-state index contributed by atoms with van der Waals surface area (Å²) >= 11 is 5.69. The van der Waals surface area contributed by atoms with Gasteiger partial charge < -0.3 is 14.8 Å². The van der Waals surface area contributed by atoms with E-state index in [9.17, 15) is 0 Å². The number of rotatable bonds is 5. The monoisotopic (exact) mass is 377 g/mol. The fourth-order valence-electron chi connectivity index (χ4n) is 3.84. The maximum Gasteiger partial charge on any atom is 0.170 e. The van der Waals surface area contributed by atoms with Crippen LogP contribution in [0.25, 0.3) is 5.69 Å². The van der Waals surface area contributed by atoms with Gasteiger partial charge in [-0.25, -0.2) is 0 Å². The van der Waals surface area contributed by atoms with E-state index in [0.29, 0.717) is 0 Å². The molecule has 3 aromatic heterocycles. The molecule has 1 fully saturated rings. The van der Waals surface area contributed by atoms with Crippen LogP contribution in [-0.4, -0.2) is 31.1 Å². The molecular weight excluding hydrogens is 354 g/mol. The molecule has 0 radical (unpaired) electrons. The highest BCUT2D eigenvalue weighted by molar-refractivity contribution is 7.80. The van der Waals surface area contributed by atoms with E-state index in [2.05, 4.69) is 62.9 Å². The highest BCUT2D eigenvalue weighted by atomic mass is 32.1. The van der Waals surface area contributed by atoms with Crippen molar-refractivity contribution in [3.63, 3.8) is 0 Å². The lowest BCUT2D eigenvalue weighted by molar-refractivity contribution is 0.308. The summed E-state index contributed by atoms with van der Waals surface area (Å²) in [5.74, 6) is 0. The molecule has 0 bridgehead atoms. The van der Waals surface area contributed by atoms with Crippen LogP contribution in [0.1, 0.15) is 42.5 Å². The van der Waals surface area contributed by atoms with Gasteiger partial charge in [0, 0.05) is 30.3 Å². The molecule has 0 spiro atoms. The molecule has 0 aromatic carbocycles. The largest absolute Gasteiger partial charge is 0.352 e. The van der Waals surface area contributed by atoms with E-state index >= 15 is 0 Å². The first-order valence-electron chi connectivity index (χ1n) is 9.27. The van der Waals surface area contributed by atoms with Crippen molar-refractivity contribution in [2.75, 3.05) is 6.54 Å². The van der Waals surface area contributed by atoms with Gasteiger partial charge in [0.2, 0.25) is 0 Å². The lowest BCUT2D eigenvalue weighted by Gasteiger charge is -2.29. The van der Waals surface area contributed by atoms with Crippen LogP contribution in [0.4, 0.5) is 0 Å². The van der Waals surface area contributed by atoms with Crippen LogP contribution in [0.5, 0.6) is 0 Å². The Morgan fingerprint density at radius 1 is 1.11 bits per heavy atom. The fourth-order valence-corrected chi connectivity index (χ4v) is 4.17. The van der Waals surface area contributed by atoms with Gasteiger partial charge in [-0.2, -0.15) is 0 Å². The second-order valence-electron chi connectivity index (χ2n) is 6.77. The summed E-state index contributed by atoms with van der Waals surface area (Å²) in [6.07, 6.45) is 6.57. The topological polar surface area (TPSA) is 46.0 Å². The van der Waals surface area contributed by atoms with Crippen molar-refractivity contribution < 1.29 is 0 Å². The number of nitrogens with one attached hydrogen (secondary N) is 1. The third-order valence-electron chi connectivity index (χ3n) is 4.98. The zero-order chi connectivity index (χ0) is 18.8. The van der Waals surface area contributed by atoms with E-state index in [1.165, 1.54) is 11.4 Å². The van der Waals surface area contributed by atoms with Gasteiger partial charge >= 0.3 is 0 Å². The van der Waals surface area contributed by atoms with E-state index in [4.69, 9.17) is 12.2 Å². The number of pyridine rings is 2. The van der Waals surface area contributed by atoms with Crippen LogP contribution in [0.2, 0.25) is 0 Å². The normalized spacial score (nSPS) is 19.3. The Morgan fingerprint density at radius 3 is 2.70 bits per heavy atom. The second-order valence-corrected chi connectivity index (χ2v) is 7.15. The summed E-state index contributed by atoms with van der Waals surface area (Å²) in [6.45, 7) is 5.20. The van der Waals surface area contributed by atoms with Crippen LogP contribution in [-0.2, 0) is 0 Å². The molecule has 0 saturated carbocycles. The van der Waals surface area contributed by atoms with Crippen molar-refractivity contribution in [3.8, 4) is 5.69 Å². The number of nitrogens with zero attached hydrogens (tertiary/aromatic N) is 4. The van der Waals surface area contributed by atoms with Gasteiger partial charge in [0.15, 0.2) is 5.11 Å². The first-order valence-corrected chi connectivity index (χ1v) is 9.68. The van der Waals surface area contributed by atoms with Crippen LogP contribution >= 0.6 is 12.2 Å². The minimum absolute atomic E-state index is 0.00923. The van der Waals surface area contributed by atoms with Crippen LogP contribution in [0.15, 0.2) is 61.1 Å². The lowest BCUT2D eigenvalue weighted by Crippen LogP contribution is -2.31. The number of thiocarbonyl (C=S) groups is 1. The van der Waals surface area contributed by atoms with E-state index in [1.807, 2.05) is 30.6 Å². The number of hydrogen-bond donors (Lipinski definition) is 1. The maximum absolute atomic E-state index is 5.69. The average molecular weight is 378 g/mol. The summed E-state index contributed by atoms with van der Waals surface area (Å²) in [6, 6.07) is 14.5. The zero-order valence-electron chi connectivity index (χ0n) is 15.5. The highest BCUT2D eigenvalue weighted by Crippen LogP contribution is 2.40. The zero-order valence-corrected chi connectivity index (χ0v) is 16.4. The summed E-state index contributed by atoms with van der Waals surface area (Å²) in [7, 11) is 0. The van der Waals surface area contributed by atoms with Gasteiger partial charge in [0.1, 0.15) is 0 Å². The molecule has 0 unspecified atom stereocenters. The molecule has 4 rings (SSSR count). The Bertz CT molecular complexity index is 922. The molecule has 2 atom stereocenters. The first-order chi connectivity index (χ1) is 13.2. The third kappa shape index (κ3) is 3.21. The highest BCUT2D eigenvalue weighted by Gasteiger charge is 2.41. The molecule has 27 heavy (non-hydrogen) atoms. The van der Waals surface area contributed by atoms with Crippen molar-refractivity contribution in [3.05, 3.63) is 78.1 Å². The van der Waals surface area contributed by atoms with Crippen LogP contribution < -0.4 is 5.32 Å². The van der Waals surface area contributed by atoms with Gasteiger partial charge in [-0.1, -0.05) is 13.0 Å². The number of aromatic nitrogens is 3. The van der Waals surface area contributed by atoms with Crippen molar-refractivity contribution in [2.24, 2.45) is 0 Å². The summed E-state index contributed by atoms with van der Waals surface area (Å²) in [5.41, 5.74) is 4.42. The molecule has 1 N–H and O–H groups in total. The molecule has 0 aliphatic carbocycles. The molecule has 0 amide bonds. The Labute approximate surface area is 165 Å². The summed E-state index contributed by atoms with van der Waals surface area (Å²) in [5, 5.41) is 4.29. The predicted octanol–water partition coefficient (Wildman–Crippen LogP) is 3.96. The molecular formula is C21H23N5S. The minimum Gasteiger partial charge on any atom is -0.352 e. The van der Waals surface area contributed by atoms with Gasteiger partial charge in [-0.15, -0.1) is 0 Å². The Morgan fingerprint density at radius 2 is 2.00 bits per heavy atom. The molecule has 5 nitrogen and oxygen atoms in total. The third-order valence-corrected chi connectivity index (χ3v) is 5.33. The molecule has 6 heteroatoms. The average Bonchev–Trinajstić information content (AvgIpc) is 3.23. The summed E-state index contributed by atoms with van der Waals surface area (Å²) in [4.78, 5) is 11.2. The minimum atomic E-state index is 0.00923. The van der Waals surface area contributed by atoms with Crippen molar-refractivity contribution in [2.45, 2.75) is 32.4 Å². The van der Waals surface area contributed by atoms with E-state index < -0.39 is 0 Å². The van der Waals surface area contributed by atoms with Crippen molar-refractivity contribution in [1.82, 2.24) is 24.8 Å². The Balaban J connectivity index is 1.85. The lowest BCUT2D eigenvalue weighted by atomic mass is 10.0. The molecule has 4 heterocycles. The molecule has 1 aliphatic rings. The SMILES string of the molecule is CCCN1C(=S)N[C@H](c2ccccn2)[C@@H]1c1ccc(C)n1-c1cccnc1. The number of aryl methyl sites for hydroxylation is 1. The fraction of sp³-hybridized carbons (Fsp3) is 0.286. The number of hydrogen-bond acceptors (Lipinski definition) is 3. The van der Waals surface area contributed by atoms with Gasteiger partial charge in [0.25, 0.3) is 0 Å². The van der Waals surface area contributed by atoms with E-state index in [-0.39, 0.29) is 12.1 Å². The molecule has 1 saturated heterocycles. The van der Waals surface area contributed by atoms with Gasteiger partial charge in [-0.3, -0.25) is 9.97 Å². The Hall–Kier alpha value is -2.73. The van der Waals surface area contributed by atoms with Gasteiger partial charge in [0.05, 0.1) is 29.7 Å². The quantitative estimate of drug-likeness (QED) is 0.682. The second kappa shape index (κ2) is 7.48. The Kier molecular flexibility index (Phi) is 4.90.